The van der Waals surface area contributed by atoms with Gasteiger partial charge in [-0.05, 0) is 0 Å². The molecule has 0 aliphatic carbocycles. The van der Waals surface area contributed by atoms with Gasteiger partial charge in [0.15, 0.2) is 0 Å². The van der Waals surface area contributed by atoms with Crippen molar-refractivity contribution in [3.8, 4) is 0 Å². The number of fused-ring (bicyclic) bond motifs is 2. The van der Waals surface area contributed by atoms with Crippen molar-refractivity contribution in [3.63, 3.8) is 0 Å². The second-order valence-electron chi connectivity index (χ2n) is 5.96. The second kappa shape index (κ2) is 8.48. The summed E-state index contributed by atoms with van der Waals surface area (Å²) in [7, 11) is 0. The van der Waals surface area contributed by atoms with Crippen molar-refractivity contribution in [1.29, 1.82) is 0 Å². The van der Waals surface area contributed by atoms with E-state index in [1.165, 1.54) is 43.8 Å². The third-order valence-corrected chi connectivity index (χ3v) is 4.65. The SMILES string of the molecule is Cc1c(C[c-]2cc(C)c3ccccc32)[cH-]c2ccccc12.[Cl-].[Cl-].[Zr+4]. The molecule has 4 aromatic carbocycles. The topological polar surface area (TPSA) is 0 Å². The summed E-state index contributed by atoms with van der Waals surface area (Å²) in [4.78, 5) is 0. The van der Waals surface area contributed by atoms with E-state index in [-0.39, 0.29) is 51.0 Å². The number of rotatable bonds is 2. The summed E-state index contributed by atoms with van der Waals surface area (Å²) >= 11 is 0. The molecule has 0 N–H and O–H groups in total. The molecule has 3 heteroatoms. The Balaban J connectivity index is 0.000000960. The maximum absolute atomic E-state index is 2.35. The Bertz CT molecular complexity index is 947. The first kappa shape index (κ1) is 21.2. The number of aryl methyl sites for hydroxylation is 2. The molecule has 0 heterocycles. The van der Waals surface area contributed by atoms with Crippen molar-refractivity contribution < 1.29 is 51.0 Å². The Morgan fingerprint density at radius 3 is 2.21 bits per heavy atom. The summed E-state index contributed by atoms with van der Waals surface area (Å²) in [5.74, 6) is 0. The fraction of sp³-hybridized carbons (Fsp3) is 0.143. The van der Waals surface area contributed by atoms with Crippen LogP contribution >= 0.6 is 0 Å². The normalized spacial score (nSPS) is 10.1. The Labute approximate surface area is 174 Å². The monoisotopic (exact) mass is 430 g/mol. The Morgan fingerprint density at radius 2 is 1.50 bits per heavy atom. The van der Waals surface area contributed by atoms with Gasteiger partial charge in [-0.2, -0.15) is 11.1 Å². The Hall–Kier alpha value is -0.877. The van der Waals surface area contributed by atoms with E-state index in [1.807, 2.05) is 0 Å². The van der Waals surface area contributed by atoms with Crippen LogP contribution in [0.2, 0.25) is 0 Å². The molecule has 0 atom stereocenters. The number of hydrogen-bond acceptors (Lipinski definition) is 0. The maximum atomic E-state index is 2.35. The average molecular weight is 433 g/mol. The summed E-state index contributed by atoms with van der Waals surface area (Å²) in [5.41, 5.74) is 5.70. The zero-order valence-electron chi connectivity index (χ0n) is 13.7. The van der Waals surface area contributed by atoms with Crippen LogP contribution in [-0.4, -0.2) is 0 Å². The first-order valence-electron chi connectivity index (χ1n) is 7.52. The number of benzene rings is 2. The minimum Gasteiger partial charge on any atom is -1.00 e. The molecular weight excluding hydrogens is 414 g/mol. The van der Waals surface area contributed by atoms with Gasteiger partial charge in [0, 0.05) is 0 Å². The van der Waals surface area contributed by atoms with E-state index < -0.39 is 0 Å². The molecule has 4 aromatic rings. The van der Waals surface area contributed by atoms with E-state index in [4.69, 9.17) is 0 Å². The molecule has 0 radical (unpaired) electrons. The van der Waals surface area contributed by atoms with Gasteiger partial charge >= 0.3 is 26.2 Å². The first-order valence-corrected chi connectivity index (χ1v) is 7.52. The summed E-state index contributed by atoms with van der Waals surface area (Å²) in [6, 6.07) is 22.1. The van der Waals surface area contributed by atoms with Gasteiger partial charge in [0.25, 0.3) is 0 Å². The van der Waals surface area contributed by atoms with Crippen molar-refractivity contribution in [2.75, 3.05) is 0 Å². The van der Waals surface area contributed by atoms with Gasteiger partial charge in [-0.1, -0.05) is 32.4 Å². The first-order chi connectivity index (χ1) is 10.2. The molecule has 0 aromatic heterocycles. The van der Waals surface area contributed by atoms with Gasteiger partial charge in [-0.25, -0.2) is 0 Å². The molecule has 0 spiro atoms. The van der Waals surface area contributed by atoms with E-state index in [0.717, 1.165) is 6.42 Å². The van der Waals surface area contributed by atoms with Gasteiger partial charge in [-0.15, -0.1) is 81.2 Å². The third-order valence-electron chi connectivity index (χ3n) is 4.65. The van der Waals surface area contributed by atoms with Crippen LogP contribution in [0.25, 0.3) is 21.5 Å². The summed E-state index contributed by atoms with van der Waals surface area (Å²) < 4.78 is 0. The fourth-order valence-corrected chi connectivity index (χ4v) is 3.49. The predicted octanol–water partition coefficient (Wildman–Crippen LogP) is -0.356. The Morgan fingerprint density at radius 1 is 0.875 bits per heavy atom. The van der Waals surface area contributed by atoms with Crippen LogP contribution in [0, 0.1) is 13.8 Å². The van der Waals surface area contributed by atoms with Gasteiger partial charge < -0.3 is 24.8 Å². The van der Waals surface area contributed by atoms with E-state index in [1.54, 1.807) is 0 Å². The van der Waals surface area contributed by atoms with Crippen LogP contribution in [-0.2, 0) is 32.6 Å². The smallest absolute Gasteiger partial charge is 1.00 e. The van der Waals surface area contributed by atoms with Gasteiger partial charge in [-0.3, -0.25) is 0 Å². The van der Waals surface area contributed by atoms with Gasteiger partial charge in [0.2, 0.25) is 0 Å². The predicted molar refractivity (Wildman–Crippen MR) is 91.4 cm³/mol. The van der Waals surface area contributed by atoms with Gasteiger partial charge in [0.1, 0.15) is 0 Å². The minimum absolute atomic E-state index is 0. The van der Waals surface area contributed by atoms with Crippen LogP contribution in [0.5, 0.6) is 0 Å². The van der Waals surface area contributed by atoms with Crippen molar-refractivity contribution in [2.24, 2.45) is 0 Å². The van der Waals surface area contributed by atoms with Crippen LogP contribution in [0.15, 0.2) is 60.7 Å². The zero-order chi connectivity index (χ0) is 14.4. The minimum atomic E-state index is 0. The molecular formula is C21H18Cl2Zr. The second-order valence-corrected chi connectivity index (χ2v) is 5.96. The molecule has 0 unspecified atom stereocenters. The van der Waals surface area contributed by atoms with Gasteiger partial charge in [0.05, 0.1) is 0 Å². The molecule has 0 nitrogen and oxygen atoms in total. The molecule has 0 saturated heterocycles. The Kier molecular flexibility index (Phi) is 7.48. The van der Waals surface area contributed by atoms with E-state index in [2.05, 4.69) is 74.5 Å². The van der Waals surface area contributed by atoms with Crippen molar-refractivity contribution in [2.45, 2.75) is 20.3 Å². The standard InChI is InChI=1S/C21H18.2ClH.Zr/c1-14-11-18(21-10-6-5-8-19(14)21)13-17-12-16-7-3-4-9-20(16)15(17)2;;;/h3-12H,13H2,1-2H3;2*1H;/q-2;;;+4/p-2. The molecule has 0 fully saturated rings. The third kappa shape index (κ3) is 3.54. The maximum Gasteiger partial charge on any atom is 4.00 e. The molecule has 0 aliphatic rings. The number of hydrogen-bond donors (Lipinski definition) is 0. The molecule has 4 rings (SSSR count). The van der Waals surface area contributed by atoms with E-state index in [9.17, 15) is 0 Å². The van der Waals surface area contributed by atoms with Crippen molar-refractivity contribution in [3.05, 3.63) is 82.9 Å². The molecule has 0 saturated carbocycles. The quantitative estimate of drug-likeness (QED) is 0.380. The van der Waals surface area contributed by atoms with Crippen LogP contribution < -0.4 is 24.8 Å². The molecule has 0 amide bonds. The van der Waals surface area contributed by atoms with E-state index in [0.29, 0.717) is 0 Å². The van der Waals surface area contributed by atoms with Crippen LogP contribution in [0.1, 0.15) is 22.3 Å². The zero-order valence-corrected chi connectivity index (χ0v) is 17.7. The van der Waals surface area contributed by atoms with Crippen LogP contribution in [0.4, 0.5) is 0 Å². The molecule has 0 aliphatic heterocycles. The van der Waals surface area contributed by atoms with Crippen molar-refractivity contribution >= 4 is 21.5 Å². The molecule has 24 heavy (non-hydrogen) atoms. The number of halogens is 2. The average Bonchev–Trinajstić information content (AvgIpc) is 2.99. The fourth-order valence-electron chi connectivity index (χ4n) is 3.49. The largest absolute Gasteiger partial charge is 4.00 e. The van der Waals surface area contributed by atoms with E-state index >= 15 is 0 Å². The summed E-state index contributed by atoms with van der Waals surface area (Å²) in [6.07, 6.45) is 1.02. The summed E-state index contributed by atoms with van der Waals surface area (Å²) in [6.45, 7) is 4.45. The summed E-state index contributed by atoms with van der Waals surface area (Å²) in [5, 5.41) is 5.54. The molecule has 120 valence electrons. The molecule has 0 bridgehead atoms. The van der Waals surface area contributed by atoms with Crippen molar-refractivity contribution in [1.82, 2.24) is 0 Å². The van der Waals surface area contributed by atoms with Crippen LogP contribution in [0.3, 0.4) is 0 Å².